The second-order valence-electron chi connectivity index (χ2n) is 2.55. The molecule has 133 valence electrons. The summed E-state index contributed by atoms with van der Waals surface area (Å²) in [5.74, 6) is 0. The number of rotatable bonds is 1. The van der Waals surface area contributed by atoms with E-state index in [2.05, 4.69) is 12.1 Å². The van der Waals surface area contributed by atoms with Crippen LogP contribution < -0.4 is 0 Å². The number of hydrogen-bond donors (Lipinski definition) is 0. The van der Waals surface area contributed by atoms with Crippen LogP contribution in [0.25, 0.3) is 11.1 Å². The molecule has 25 radical (unpaired) electrons. The molecule has 0 saturated heterocycles. The van der Waals surface area contributed by atoms with Gasteiger partial charge in [0.2, 0.25) is 0 Å². The van der Waals surface area contributed by atoms with Crippen LogP contribution in [0.15, 0.2) is 48.5 Å². The Kier molecular flexibility index (Phi) is 563. The van der Waals surface area contributed by atoms with Crippen LogP contribution in [0.1, 0.15) is 0 Å². The van der Waals surface area contributed by atoms with E-state index in [1.54, 1.807) is 0 Å². The van der Waals surface area contributed by atoms with Crippen molar-refractivity contribution in [3.05, 3.63) is 60.7 Å². The summed E-state index contributed by atoms with van der Waals surface area (Å²) in [4.78, 5) is 0. The maximum atomic E-state index is 3.15. The Morgan fingerprint density at radius 2 is 0.405 bits per heavy atom. The summed E-state index contributed by atoms with van der Waals surface area (Å²) in [6.07, 6.45) is 0. The Hall–Kier alpha value is 26.0. The first kappa shape index (κ1) is 159. The van der Waals surface area contributed by atoms with Gasteiger partial charge in [-0.1, -0.05) is 0 Å². The van der Waals surface area contributed by atoms with E-state index in [4.69, 9.17) is 0 Å². The van der Waals surface area contributed by atoms with Crippen LogP contribution in [-0.2, 0) is 818 Å². The van der Waals surface area contributed by atoms with Crippen LogP contribution in [0.2, 0.25) is 0 Å². The first-order valence-corrected chi connectivity index (χ1v) is 3.90. The van der Waals surface area contributed by atoms with Gasteiger partial charge in [-0.15, -0.1) is 12.1 Å². The van der Waals surface area contributed by atoms with E-state index < -0.39 is 0 Å². The van der Waals surface area contributed by atoms with Gasteiger partial charge in [-0.25, -0.2) is 11.1 Å². The molecular weight excluding hydrogens is 2370 g/mol. The summed E-state index contributed by atoms with van der Waals surface area (Å²) < 4.78 is 0. The van der Waals surface area contributed by atoms with E-state index >= 15 is 0 Å². The van der Waals surface area contributed by atoms with Gasteiger partial charge in [-0.2, -0.15) is 48.5 Å². The second-order valence-corrected chi connectivity index (χ2v) is 2.55. The summed E-state index contributed by atoms with van der Waals surface area (Å²) in [5, 5.41) is 0. The molecule has 2 rings (SSSR count). The summed E-state index contributed by atoms with van der Waals surface area (Å²) in [6.45, 7) is 0. The van der Waals surface area contributed by atoms with Crippen molar-refractivity contribution in [2.24, 2.45) is 0 Å². The van der Waals surface area contributed by atoms with Gasteiger partial charge >= 0.3 is 0 Å². The molecule has 37 heavy (non-hydrogen) atoms. The topological polar surface area (TPSA) is 0 Å². The Bertz CT molecular complexity index is 331. The van der Waals surface area contributed by atoms with Crippen LogP contribution >= 0.6 is 0 Å². The monoisotopic (exact) mass is 2370 g/mol. The van der Waals surface area contributed by atoms with Crippen molar-refractivity contribution in [1.29, 1.82) is 0 Å². The van der Waals surface area contributed by atoms with Gasteiger partial charge in [0.1, 0.15) is 0 Å². The second kappa shape index (κ2) is 131. The third kappa shape index (κ3) is 106. The molecule has 0 aliphatic rings. The first-order chi connectivity index (χ1) is 5.97. The zero-order valence-corrected chi connectivity index (χ0v) is 92.0. The molecular formula is C12H8Y25-2. The maximum absolute atomic E-state index is 3.15. The van der Waals surface area contributed by atoms with Gasteiger partial charge in [0.05, 0.1) is 0 Å². The van der Waals surface area contributed by atoms with E-state index in [0.29, 0.717) is 0 Å². The van der Waals surface area contributed by atoms with Crippen molar-refractivity contribution in [3.63, 3.8) is 0 Å². The van der Waals surface area contributed by atoms with Gasteiger partial charge in [0.25, 0.3) is 0 Å². The normalized spacial score (nSPS) is 3.14. The molecule has 0 heterocycles. The average Bonchev–Trinajstić information content (AvgIpc) is 2.21. The zero-order chi connectivity index (χ0) is 8.23. The molecule has 0 N–H and O–H groups in total. The Morgan fingerprint density at radius 3 is 0.514 bits per heavy atom. The van der Waals surface area contributed by atoms with Gasteiger partial charge in [0, 0.05) is 818 Å². The van der Waals surface area contributed by atoms with Crippen LogP contribution in [0, 0.1) is 12.1 Å². The minimum absolute atomic E-state index is 0. The molecule has 0 unspecified atom stereocenters. The summed E-state index contributed by atoms with van der Waals surface area (Å²) >= 11 is 0. The van der Waals surface area contributed by atoms with Crippen molar-refractivity contribution in [2.75, 3.05) is 0 Å². The smallest absolute Gasteiger partial charge is 0 e. The molecule has 0 aromatic heterocycles. The molecule has 2 aromatic carbocycles. The molecule has 0 amide bonds. The third-order valence-corrected chi connectivity index (χ3v) is 1.71. The zero-order valence-electron chi connectivity index (χ0n) is 21.1. The van der Waals surface area contributed by atoms with E-state index in [0.717, 1.165) is 11.1 Å². The molecule has 0 aliphatic carbocycles. The van der Waals surface area contributed by atoms with E-state index in [-0.39, 0.29) is 818 Å². The Labute approximate surface area is 857 Å². The molecule has 0 aliphatic heterocycles. The molecule has 0 saturated carbocycles. The largest absolute Gasteiger partial charge is 0.226 e. The number of benzene rings is 2. The minimum Gasteiger partial charge on any atom is -0.226 e. The average molecular weight is 2370 g/mol. The predicted molar refractivity (Wildman–Crippen MR) is 49.6 cm³/mol. The van der Waals surface area contributed by atoms with Gasteiger partial charge in [0.15, 0.2) is 0 Å². The van der Waals surface area contributed by atoms with Gasteiger partial charge < -0.3 is 0 Å². The Balaban J connectivity index is -0.00000000307. The van der Waals surface area contributed by atoms with E-state index in [1.807, 2.05) is 48.5 Å². The van der Waals surface area contributed by atoms with Crippen molar-refractivity contribution in [2.45, 2.75) is 0 Å². The van der Waals surface area contributed by atoms with Crippen LogP contribution in [0.5, 0.6) is 0 Å². The maximum Gasteiger partial charge on any atom is 0 e. The van der Waals surface area contributed by atoms with Gasteiger partial charge in [-0.3, -0.25) is 0 Å². The molecule has 2 aromatic rings. The minimum atomic E-state index is 0. The van der Waals surface area contributed by atoms with E-state index in [9.17, 15) is 0 Å². The molecule has 0 nitrogen and oxygen atoms in total. The van der Waals surface area contributed by atoms with E-state index in [1.165, 1.54) is 0 Å². The summed E-state index contributed by atoms with van der Waals surface area (Å²) in [7, 11) is 0. The molecule has 0 bridgehead atoms. The van der Waals surface area contributed by atoms with Crippen molar-refractivity contribution < 1.29 is 818 Å². The fourth-order valence-electron chi connectivity index (χ4n) is 1.12. The molecule has 0 spiro atoms. The standard InChI is InChI=1S/C12H8.25Y/c1-3-7-11(8-4-1)12-9-5-2-6-10-12;;;;;;;;;;;;;;;;;;;;;;;;;/h1-7,9H;;;;;;;;;;;;;;;;;;;;;;;;;/q-2;;;;;;;;;;;;;;;;;;;;;;;;;. The molecule has 0 atom stereocenters. The van der Waals surface area contributed by atoms with Crippen LogP contribution in [0.4, 0.5) is 0 Å². The molecule has 0 fully saturated rings. The third-order valence-electron chi connectivity index (χ3n) is 1.71. The number of hydrogen-bond acceptors (Lipinski definition) is 0. The fourth-order valence-corrected chi connectivity index (χ4v) is 1.12. The quantitative estimate of drug-likeness (QED) is 0.387. The Morgan fingerprint density at radius 1 is 0.243 bits per heavy atom. The molecule has 25 heteroatoms. The van der Waals surface area contributed by atoms with Gasteiger partial charge in [-0.05, 0) is 0 Å². The van der Waals surface area contributed by atoms with Crippen LogP contribution in [0.3, 0.4) is 0 Å². The summed E-state index contributed by atoms with van der Waals surface area (Å²) in [5.41, 5.74) is 2.19. The van der Waals surface area contributed by atoms with Crippen molar-refractivity contribution in [3.8, 4) is 11.1 Å². The fraction of sp³-hybridized carbons (Fsp3) is 0. The predicted octanol–water partition coefficient (Wildman–Crippen LogP) is 2.89. The SMILES string of the molecule is [Y].[Y].[Y].[Y].[Y].[Y].[Y].[Y].[Y].[Y].[Y].[Y].[Y].[Y].[Y].[Y].[Y].[Y].[Y].[Y].[Y].[Y].[Y].[Y].[Y].[c-]1ccccc1-c1[c-]cccc1. The van der Waals surface area contributed by atoms with Crippen molar-refractivity contribution >= 4 is 0 Å². The van der Waals surface area contributed by atoms with Crippen LogP contribution in [-0.4, -0.2) is 0 Å². The summed E-state index contributed by atoms with van der Waals surface area (Å²) in [6, 6.07) is 22.1. The van der Waals surface area contributed by atoms with Crippen molar-refractivity contribution in [1.82, 2.24) is 0 Å². The first-order valence-electron chi connectivity index (χ1n) is 3.90.